The van der Waals surface area contributed by atoms with Crippen molar-refractivity contribution in [2.24, 2.45) is 10.8 Å². The van der Waals surface area contributed by atoms with Crippen LogP contribution < -0.4 is 11.4 Å². The highest BCUT2D eigenvalue weighted by atomic mass is 16.3. The maximum Gasteiger partial charge on any atom is 0.331 e. The highest BCUT2D eigenvalue weighted by molar-refractivity contribution is 5.06. The van der Waals surface area contributed by atoms with Crippen molar-refractivity contribution >= 4 is 0 Å². The zero-order valence-electron chi connectivity index (χ0n) is 23.5. The number of hydrogen-bond acceptors (Lipinski definition) is 6. The van der Waals surface area contributed by atoms with Gasteiger partial charge in [0.1, 0.15) is 0 Å². The van der Waals surface area contributed by atoms with Crippen molar-refractivity contribution in [3.63, 3.8) is 0 Å². The molecule has 0 spiro atoms. The second-order valence-electron chi connectivity index (χ2n) is 11.9. The molecule has 0 aliphatic heterocycles. The van der Waals surface area contributed by atoms with E-state index in [9.17, 15) is 30.0 Å². The Balaban J connectivity index is 1.73. The van der Waals surface area contributed by atoms with E-state index in [1.807, 2.05) is 41.5 Å². The number of nitrogens with zero attached hydrogens (tertiary/aromatic N) is 4. The standard InChI is InChI=1S/C27H48N4O6/c1-7-28-16-22(34)30(24(28)36)18-26(3,4)14-12-20(32)10-9-11-21(33)13-15-27(5,6)19-31-23(35)17-29(8-2)25(31)37/h16-17,20-21,32-35H,7-15,18-19H2,1-6H3. The smallest absolute Gasteiger partial charge is 0.331 e. The molecule has 37 heavy (non-hydrogen) atoms. The average Bonchev–Trinajstić information content (AvgIpc) is 3.25. The fourth-order valence-corrected chi connectivity index (χ4v) is 4.79. The van der Waals surface area contributed by atoms with Crippen LogP contribution >= 0.6 is 0 Å². The lowest BCUT2D eigenvalue weighted by atomic mass is 9.85. The predicted octanol–water partition coefficient (Wildman–Crippen LogP) is 3.27. The van der Waals surface area contributed by atoms with Gasteiger partial charge in [-0.1, -0.05) is 27.7 Å². The van der Waals surface area contributed by atoms with Crippen molar-refractivity contribution in [1.29, 1.82) is 0 Å². The van der Waals surface area contributed by atoms with E-state index in [2.05, 4.69) is 0 Å². The highest BCUT2D eigenvalue weighted by Gasteiger charge is 2.25. The van der Waals surface area contributed by atoms with E-state index in [1.165, 1.54) is 30.7 Å². The summed E-state index contributed by atoms with van der Waals surface area (Å²) in [6.45, 7) is 13.5. The maximum atomic E-state index is 12.4. The average molecular weight is 525 g/mol. The molecule has 0 aliphatic rings. The Bertz CT molecular complexity index is 1020. The van der Waals surface area contributed by atoms with Gasteiger partial charge in [0.05, 0.1) is 24.6 Å². The first-order chi connectivity index (χ1) is 17.2. The third-order valence-corrected chi connectivity index (χ3v) is 7.29. The van der Waals surface area contributed by atoms with Crippen molar-refractivity contribution in [1.82, 2.24) is 18.3 Å². The lowest BCUT2D eigenvalue weighted by Crippen LogP contribution is -2.30. The van der Waals surface area contributed by atoms with Gasteiger partial charge in [0.15, 0.2) is 0 Å². The summed E-state index contributed by atoms with van der Waals surface area (Å²) in [7, 11) is 0. The second kappa shape index (κ2) is 12.9. The molecular weight excluding hydrogens is 476 g/mol. The molecule has 0 saturated heterocycles. The third-order valence-electron chi connectivity index (χ3n) is 7.29. The summed E-state index contributed by atoms with van der Waals surface area (Å²) in [6.07, 6.45) is 6.33. The lowest BCUT2D eigenvalue weighted by molar-refractivity contribution is 0.102. The molecule has 2 rings (SSSR count). The molecule has 0 aliphatic carbocycles. The Morgan fingerprint density at radius 2 is 1.05 bits per heavy atom. The van der Waals surface area contributed by atoms with Gasteiger partial charge < -0.3 is 20.4 Å². The fraction of sp³-hybridized carbons (Fsp3) is 0.778. The summed E-state index contributed by atoms with van der Waals surface area (Å²) in [5.41, 5.74) is -1.01. The van der Waals surface area contributed by atoms with E-state index < -0.39 is 12.2 Å². The van der Waals surface area contributed by atoms with Crippen LogP contribution in [0.25, 0.3) is 0 Å². The SMILES string of the molecule is CCn1cc(O)n(CC(C)(C)CCC(O)CCCC(O)CCC(C)(C)Cn2c(O)cn(CC)c2=O)c1=O. The van der Waals surface area contributed by atoms with Crippen LogP contribution in [0.3, 0.4) is 0 Å². The monoisotopic (exact) mass is 524 g/mol. The molecule has 2 heterocycles. The van der Waals surface area contributed by atoms with Crippen molar-refractivity contribution in [2.45, 2.75) is 125 Å². The number of hydrogen-bond donors (Lipinski definition) is 4. The van der Waals surface area contributed by atoms with Crippen molar-refractivity contribution < 1.29 is 20.4 Å². The highest BCUT2D eigenvalue weighted by Crippen LogP contribution is 2.29. The minimum atomic E-state index is -0.495. The van der Waals surface area contributed by atoms with Gasteiger partial charge in [-0.3, -0.25) is 18.3 Å². The van der Waals surface area contributed by atoms with E-state index in [1.54, 1.807) is 0 Å². The van der Waals surface area contributed by atoms with Crippen LogP contribution in [-0.4, -0.2) is 50.9 Å². The predicted molar refractivity (Wildman–Crippen MR) is 144 cm³/mol. The Morgan fingerprint density at radius 3 is 1.35 bits per heavy atom. The van der Waals surface area contributed by atoms with Gasteiger partial charge >= 0.3 is 11.4 Å². The summed E-state index contributed by atoms with van der Waals surface area (Å²) >= 11 is 0. The quantitative estimate of drug-likeness (QED) is 0.266. The first-order valence-corrected chi connectivity index (χ1v) is 13.5. The molecule has 0 aromatic carbocycles. The van der Waals surface area contributed by atoms with Crippen LogP contribution in [0.2, 0.25) is 0 Å². The maximum absolute atomic E-state index is 12.4. The summed E-state index contributed by atoms with van der Waals surface area (Å²) in [5.74, 6) is -0.0817. The van der Waals surface area contributed by atoms with E-state index in [0.29, 0.717) is 71.1 Å². The van der Waals surface area contributed by atoms with Crippen LogP contribution in [0.15, 0.2) is 22.0 Å². The first-order valence-electron chi connectivity index (χ1n) is 13.5. The first kappa shape index (κ1) is 30.8. The van der Waals surface area contributed by atoms with Gasteiger partial charge in [0.2, 0.25) is 11.8 Å². The molecular formula is C27H48N4O6. The topological polar surface area (TPSA) is 135 Å². The molecule has 2 atom stereocenters. The lowest BCUT2D eigenvalue weighted by Gasteiger charge is -2.27. The number of aryl methyl sites for hydroxylation is 2. The molecule has 2 aromatic heterocycles. The summed E-state index contributed by atoms with van der Waals surface area (Å²) in [5, 5.41) is 41.2. The number of aromatic hydroxyl groups is 2. The summed E-state index contributed by atoms with van der Waals surface area (Å²) in [6, 6.07) is 0. The van der Waals surface area contributed by atoms with Crippen LogP contribution in [-0.2, 0) is 26.2 Å². The normalized spacial score (nSPS) is 14.3. The fourth-order valence-electron chi connectivity index (χ4n) is 4.79. The number of aromatic nitrogens is 4. The summed E-state index contributed by atoms with van der Waals surface area (Å²) in [4.78, 5) is 24.7. The van der Waals surface area contributed by atoms with Gasteiger partial charge in [0.25, 0.3) is 0 Å². The van der Waals surface area contributed by atoms with Gasteiger partial charge in [-0.2, -0.15) is 0 Å². The van der Waals surface area contributed by atoms with Crippen molar-refractivity contribution in [2.75, 3.05) is 0 Å². The largest absolute Gasteiger partial charge is 0.493 e. The second-order valence-corrected chi connectivity index (χ2v) is 11.9. The third kappa shape index (κ3) is 8.81. The number of aliphatic hydroxyl groups excluding tert-OH is 2. The van der Waals surface area contributed by atoms with Crippen LogP contribution in [0.4, 0.5) is 0 Å². The Hall–Kier alpha value is -2.46. The number of aliphatic hydroxyl groups is 2. The van der Waals surface area contributed by atoms with Gasteiger partial charge in [-0.25, -0.2) is 9.59 Å². The van der Waals surface area contributed by atoms with Crippen molar-refractivity contribution in [3.8, 4) is 11.8 Å². The molecule has 0 amide bonds. The van der Waals surface area contributed by atoms with Crippen LogP contribution in [0.5, 0.6) is 11.8 Å². The molecule has 212 valence electrons. The van der Waals surface area contributed by atoms with E-state index in [0.717, 1.165) is 0 Å². The summed E-state index contributed by atoms with van der Waals surface area (Å²) < 4.78 is 5.70. The zero-order valence-corrected chi connectivity index (χ0v) is 23.5. The molecule has 10 heteroatoms. The van der Waals surface area contributed by atoms with E-state index in [-0.39, 0.29) is 34.0 Å². The number of rotatable bonds is 16. The molecule has 10 nitrogen and oxygen atoms in total. The minimum absolute atomic E-state index is 0.0409. The Kier molecular flexibility index (Phi) is 10.7. The Labute approximate surface area is 219 Å². The minimum Gasteiger partial charge on any atom is -0.493 e. The molecule has 4 N–H and O–H groups in total. The Morgan fingerprint density at radius 1 is 0.703 bits per heavy atom. The van der Waals surface area contributed by atoms with E-state index in [4.69, 9.17) is 0 Å². The van der Waals surface area contributed by atoms with Crippen molar-refractivity contribution in [3.05, 3.63) is 33.4 Å². The van der Waals surface area contributed by atoms with Crippen LogP contribution in [0, 0.1) is 10.8 Å². The molecule has 2 aromatic rings. The van der Waals surface area contributed by atoms with Gasteiger partial charge in [-0.15, -0.1) is 0 Å². The zero-order chi connectivity index (χ0) is 28.0. The molecule has 0 radical (unpaired) electrons. The molecule has 0 fully saturated rings. The number of imidazole rings is 2. The molecule has 0 bridgehead atoms. The molecule has 0 saturated carbocycles. The van der Waals surface area contributed by atoms with Crippen LogP contribution in [0.1, 0.15) is 86.5 Å². The van der Waals surface area contributed by atoms with Gasteiger partial charge in [-0.05, 0) is 69.6 Å². The van der Waals surface area contributed by atoms with E-state index >= 15 is 0 Å². The van der Waals surface area contributed by atoms with Gasteiger partial charge in [0, 0.05) is 26.2 Å². The molecule has 2 unspecified atom stereocenters.